The maximum Gasteiger partial charge on any atom is 0.271 e. The first kappa shape index (κ1) is 27.7. The molecule has 1 aliphatic rings. The molecule has 7 nitrogen and oxygen atoms in total. The summed E-state index contributed by atoms with van der Waals surface area (Å²) in [4.78, 5) is 32.9. The van der Waals surface area contributed by atoms with Gasteiger partial charge in [-0.15, -0.1) is 0 Å². The normalized spacial score (nSPS) is 14.9. The minimum atomic E-state index is -0.686. The largest absolute Gasteiger partial charge is 0.497 e. The smallest absolute Gasteiger partial charge is 0.271 e. The summed E-state index contributed by atoms with van der Waals surface area (Å²) in [6, 6.07) is 25.7. The number of fused-ring (bicyclic) bond motifs is 1. The Hall–Kier alpha value is -4.47. The molecule has 0 unspecified atom stereocenters. The number of halogens is 1. The average molecular weight is 641 g/mol. The Morgan fingerprint density at radius 3 is 2.52 bits per heavy atom. The Morgan fingerprint density at radius 2 is 1.81 bits per heavy atom. The minimum absolute atomic E-state index is 0.258. The van der Waals surface area contributed by atoms with Crippen LogP contribution >= 0.6 is 27.3 Å². The molecule has 1 atom stereocenters. The number of nitrogens with one attached hydrogen (secondary N) is 1. The van der Waals surface area contributed by atoms with Gasteiger partial charge in [-0.3, -0.25) is 14.2 Å². The van der Waals surface area contributed by atoms with Gasteiger partial charge in [0.1, 0.15) is 17.3 Å². The van der Waals surface area contributed by atoms with Gasteiger partial charge in [-0.05, 0) is 73.5 Å². The average Bonchev–Trinajstić information content (AvgIpc) is 3.56. The summed E-state index contributed by atoms with van der Waals surface area (Å²) in [5.41, 5.74) is 4.16. The number of hydrogen-bond donors (Lipinski definition) is 1. The summed E-state index contributed by atoms with van der Waals surface area (Å²) in [6.07, 6.45) is 1.73. The Balaban J connectivity index is 1.45. The fourth-order valence-corrected chi connectivity index (χ4v) is 6.67. The Morgan fingerprint density at radius 1 is 1.05 bits per heavy atom. The van der Waals surface area contributed by atoms with Gasteiger partial charge in [0.2, 0.25) is 0 Å². The number of amides is 1. The number of para-hydroxylation sites is 1. The van der Waals surface area contributed by atoms with Gasteiger partial charge in [-0.1, -0.05) is 63.7 Å². The van der Waals surface area contributed by atoms with Gasteiger partial charge in [-0.25, -0.2) is 4.99 Å². The molecule has 210 valence electrons. The molecule has 0 bridgehead atoms. The number of carbonyl (C=O) groups is 1. The van der Waals surface area contributed by atoms with Crippen LogP contribution < -0.4 is 24.9 Å². The van der Waals surface area contributed by atoms with E-state index in [1.54, 1.807) is 24.7 Å². The third kappa shape index (κ3) is 5.29. The van der Waals surface area contributed by atoms with Gasteiger partial charge in [0, 0.05) is 21.8 Å². The highest BCUT2D eigenvalue weighted by Crippen LogP contribution is 2.33. The van der Waals surface area contributed by atoms with Crippen molar-refractivity contribution in [1.29, 1.82) is 0 Å². The highest BCUT2D eigenvalue weighted by atomic mass is 79.9. The molecule has 2 aromatic heterocycles. The maximum atomic E-state index is 14.0. The molecule has 3 heterocycles. The second kappa shape index (κ2) is 11.4. The van der Waals surface area contributed by atoms with E-state index in [1.807, 2.05) is 91.9 Å². The maximum absolute atomic E-state index is 14.0. The lowest BCUT2D eigenvalue weighted by molar-refractivity contribution is -0.113. The highest BCUT2D eigenvalue weighted by Gasteiger charge is 2.32. The van der Waals surface area contributed by atoms with Crippen LogP contribution in [0.5, 0.6) is 5.75 Å². The van der Waals surface area contributed by atoms with Gasteiger partial charge in [0.05, 0.1) is 29.0 Å². The molecule has 6 rings (SSSR count). The number of ether oxygens (including phenoxy) is 1. The van der Waals surface area contributed by atoms with Gasteiger partial charge in [0.25, 0.3) is 11.5 Å². The van der Waals surface area contributed by atoms with E-state index in [-0.39, 0.29) is 11.5 Å². The molecule has 3 aromatic carbocycles. The third-order valence-corrected chi connectivity index (χ3v) is 8.66. The molecular weight excluding hydrogens is 614 g/mol. The molecule has 0 saturated carbocycles. The number of aryl methyl sites for hydroxylation is 1. The van der Waals surface area contributed by atoms with Crippen molar-refractivity contribution in [2.45, 2.75) is 19.9 Å². The lowest BCUT2D eigenvalue weighted by Crippen LogP contribution is -2.40. The van der Waals surface area contributed by atoms with Crippen LogP contribution in [0.3, 0.4) is 0 Å². The van der Waals surface area contributed by atoms with E-state index in [4.69, 9.17) is 14.1 Å². The van der Waals surface area contributed by atoms with Gasteiger partial charge < -0.3 is 14.5 Å². The summed E-state index contributed by atoms with van der Waals surface area (Å²) in [5.74, 6) is 1.59. The summed E-state index contributed by atoms with van der Waals surface area (Å²) in [6.45, 7) is 3.82. The van der Waals surface area contributed by atoms with Crippen molar-refractivity contribution in [2.75, 3.05) is 12.4 Å². The Labute approximate surface area is 254 Å². The predicted octanol–water partition coefficient (Wildman–Crippen LogP) is 6.21. The van der Waals surface area contributed by atoms with Gasteiger partial charge in [0.15, 0.2) is 4.80 Å². The third-order valence-electron chi connectivity index (χ3n) is 7.02. The van der Waals surface area contributed by atoms with Crippen LogP contribution in [0.15, 0.2) is 115 Å². The number of hydrogen-bond acceptors (Lipinski definition) is 6. The molecule has 42 heavy (non-hydrogen) atoms. The zero-order valence-corrected chi connectivity index (χ0v) is 25.5. The van der Waals surface area contributed by atoms with Crippen molar-refractivity contribution < 1.29 is 13.9 Å². The van der Waals surface area contributed by atoms with E-state index in [1.165, 1.54) is 11.3 Å². The van der Waals surface area contributed by atoms with Crippen molar-refractivity contribution in [3.63, 3.8) is 0 Å². The molecule has 0 radical (unpaired) electrons. The van der Waals surface area contributed by atoms with Crippen LogP contribution in [-0.4, -0.2) is 17.6 Å². The van der Waals surface area contributed by atoms with Crippen molar-refractivity contribution in [2.24, 2.45) is 4.99 Å². The van der Waals surface area contributed by atoms with Crippen LogP contribution in [0.1, 0.15) is 29.9 Å². The van der Waals surface area contributed by atoms with E-state index in [2.05, 4.69) is 21.2 Å². The Kier molecular flexibility index (Phi) is 7.53. The van der Waals surface area contributed by atoms with E-state index >= 15 is 0 Å². The number of furan rings is 1. The number of anilines is 1. The first-order valence-corrected chi connectivity index (χ1v) is 14.8. The molecular formula is C33H26BrN3O4S. The number of thiazole rings is 1. The van der Waals surface area contributed by atoms with Crippen LogP contribution in [0.25, 0.3) is 17.4 Å². The van der Waals surface area contributed by atoms with Crippen LogP contribution in [0.4, 0.5) is 5.69 Å². The van der Waals surface area contributed by atoms with Crippen LogP contribution in [0.2, 0.25) is 0 Å². The molecule has 1 N–H and O–H groups in total. The molecule has 0 aliphatic carbocycles. The number of methoxy groups -OCH3 is 1. The molecule has 1 aliphatic heterocycles. The summed E-state index contributed by atoms with van der Waals surface area (Å²) >= 11 is 4.88. The zero-order chi connectivity index (χ0) is 29.4. The quantitative estimate of drug-likeness (QED) is 0.239. The van der Waals surface area contributed by atoms with E-state index in [9.17, 15) is 9.59 Å². The zero-order valence-electron chi connectivity index (χ0n) is 23.1. The molecule has 1 amide bonds. The van der Waals surface area contributed by atoms with Gasteiger partial charge in [-0.2, -0.15) is 0 Å². The number of benzene rings is 3. The first-order chi connectivity index (χ1) is 20.3. The summed E-state index contributed by atoms with van der Waals surface area (Å²) < 4.78 is 14.4. The molecule has 9 heteroatoms. The topological polar surface area (TPSA) is 85.8 Å². The van der Waals surface area contributed by atoms with E-state index in [0.29, 0.717) is 43.6 Å². The number of rotatable bonds is 6. The van der Waals surface area contributed by atoms with Crippen molar-refractivity contribution in [3.8, 4) is 17.1 Å². The van der Waals surface area contributed by atoms with Crippen LogP contribution in [-0.2, 0) is 4.79 Å². The second-order valence-electron chi connectivity index (χ2n) is 9.86. The Bertz CT molecular complexity index is 2020. The first-order valence-electron chi connectivity index (χ1n) is 13.2. The number of carbonyl (C=O) groups excluding carboxylic acids is 1. The lowest BCUT2D eigenvalue weighted by atomic mass is 9.95. The predicted molar refractivity (Wildman–Crippen MR) is 168 cm³/mol. The van der Waals surface area contributed by atoms with Crippen molar-refractivity contribution in [3.05, 3.63) is 137 Å². The molecule has 0 saturated heterocycles. The lowest BCUT2D eigenvalue weighted by Gasteiger charge is -2.25. The number of allylic oxidation sites excluding steroid dienone is 1. The van der Waals surface area contributed by atoms with E-state index < -0.39 is 6.04 Å². The van der Waals surface area contributed by atoms with E-state index in [0.717, 1.165) is 21.2 Å². The molecule has 0 fully saturated rings. The van der Waals surface area contributed by atoms with Gasteiger partial charge >= 0.3 is 0 Å². The summed E-state index contributed by atoms with van der Waals surface area (Å²) in [7, 11) is 1.60. The molecule has 5 aromatic rings. The molecule has 0 spiro atoms. The highest BCUT2D eigenvalue weighted by molar-refractivity contribution is 9.10. The summed E-state index contributed by atoms with van der Waals surface area (Å²) in [5, 5.41) is 2.97. The monoisotopic (exact) mass is 639 g/mol. The van der Waals surface area contributed by atoms with Crippen molar-refractivity contribution >= 4 is 44.9 Å². The fourth-order valence-electron chi connectivity index (χ4n) is 4.96. The fraction of sp³-hybridized carbons (Fsp3) is 0.121. The van der Waals surface area contributed by atoms with Crippen LogP contribution in [0, 0.1) is 6.92 Å². The SMILES string of the molecule is COc1ccc([C@H]2C(C(=O)Nc3ccccc3)=C(C)N=c3s/c(=C/c4ccc(-c5ccc(C)cc5Br)o4)c(=O)n32)cc1. The van der Waals surface area contributed by atoms with Crippen molar-refractivity contribution in [1.82, 2.24) is 4.57 Å². The second-order valence-corrected chi connectivity index (χ2v) is 11.7. The number of nitrogens with zero attached hydrogens (tertiary/aromatic N) is 2. The minimum Gasteiger partial charge on any atom is -0.497 e. The standard InChI is InChI=1S/C33H26BrN3O4S/c1-19-9-15-25(26(34)17-19)27-16-14-24(41-27)18-28-32(39)37-30(21-10-12-23(40-3)13-11-21)29(20(2)35-33(37)42-28)31(38)36-22-7-5-4-6-8-22/h4-18,30H,1-3H3,(H,36,38)/b28-18+/t30-/m0/s1. The number of aromatic nitrogens is 1.